The highest BCUT2D eigenvalue weighted by Gasteiger charge is 2.17. The fraction of sp³-hybridized carbons (Fsp3) is 0.429. The molecule has 0 unspecified atom stereocenters. The number of morpholine rings is 1. The van der Waals surface area contributed by atoms with Crippen LogP contribution in [0.1, 0.15) is 24.1 Å². The van der Waals surface area contributed by atoms with Crippen molar-refractivity contribution in [2.75, 3.05) is 40.0 Å². The molecule has 3 rings (SSSR count). The van der Waals surface area contributed by atoms with Crippen molar-refractivity contribution in [2.45, 2.75) is 19.5 Å². The van der Waals surface area contributed by atoms with Crippen molar-refractivity contribution in [3.63, 3.8) is 0 Å². The SMILES string of the molecule is C[C@@H](c1cccnc1)N(C)Cc1ccc(OCC(=O)N2CCOCC2)cc1. The first-order valence-electron chi connectivity index (χ1n) is 9.31. The fourth-order valence-electron chi connectivity index (χ4n) is 3.04. The number of ether oxygens (including phenoxy) is 2. The van der Waals surface area contributed by atoms with E-state index >= 15 is 0 Å². The smallest absolute Gasteiger partial charge is 0.260 e. The average Bonchev–Trinajstić information content (AvgIpc) is 2.73. The van der Waals surface area contributed by atoms with Crippen LogP contribution in [-0.4, -0.2) is 60.6 Å². The molecular formula is C21H27N3O3. The van der Waals surface area contributed by atoms with Gasteiger partial charge < -0.3 is 14.4 Å². The molecule has 1 aromatic carbocycles. The minimum atomic E-state index is 0.00686. The molecule has 1 aliphatic rings. The number of aromatic nitrogens is 1. The molecule has 6 nitrogen and oxygen atoms in total. The van der Waals surface area contributed by atoms with Gasteiger partial charge in [0.25, 0.3) is 5.91 Å². The highest BCUT2D eigenvalue weighted by atomic mass is 16.5. The Morgan fingerprint density at radius 2 is 2.00 bits per heavy atom. The first-order chi connectivity index (χ1) is 13.1. The lowest BCUT2D eigenvalue weighted by Crippen LogP contribution is -2.42. The zero-order chi connectivity index (χ0) is 19.1. The maximum absolute atomic E-state index is 12.1. The van der Waals surface area contributed by atoms with Crippen LogP contribution in [0.5, 0.6) is 5.75 Å². The number of pyridine rings is 1. The summed E-state index contributed by atoms with van der Waals surface area (Å²) in [5.41, 5.74) is 2.39. The van der Waals surface area contributed by atoms with E-state index in [1.165, 1.54) is 11.1 Å². The summed E-state index contributed by atoms with van der Waals surface area (Å²) >= 11 is 0. The van der Waals surface area contributed by atoms with Gasteiger partial charge in [-0.25, -0.2) is 0 Å². The molecule has 6 heteroatoms. The molecule has 2 heterocycles. The summed E-state index contributed by atoms with van der Waals surface area (Å²) in [5.74, 6) is 0.718. The number of carbonyl (C=O) groups is 1. The second-order valence-electron chi connectivity index (χ2n) is 6.80. The van der Waals surface area contributed by atoms with Crippen LogP contribution in [0, 0.1) is 0 Å². The lowest BCUT2D eigenvalue weighted by Gasteiger charge is -2.26. The predicted octanol–water partition coefficient (Wildman–Crippen LogP) is 2.51. The summed E-state index contributed by atoms with van der Waals surface area (Å²) in [6.07, 6.45) is 3.70. The Morgan fingerprint density at radius 1 is 1.26 bits per heavy atom. The first-order valence-corrected chi connectivity index (χ1v) is 9.31. The largest absolute Gasteiger partial charge is 0.484 e. The van der Waals surface area contributed by atoms with Gasteiger partial charge in [0.05, 0.1) is 13.2 Å². The molecule has 1 fully saturated rings. The van der Waals surface area contributed by atoms with Crippen LogP contribution in [0.4, 0.5) is 0 Å². The van der Waals surface area contributed by atoms with Gasteiger partial charge in [-0.15, -0.1) is 0 Å². The molecule has 27 heavy (non-hydrogen) atoms. The zero-order valence-electron chi connectivity index (χ0n) is 16.0. The van der Waals surface area contributed by atoms with E-state index in [0.717, 1.165) is 6.54 Å². The van der Waals surface area contributed by atoms with Gasteiger partial charge in [0.2, 0.25) is 0 Å². The molecule has 1 amide bonds. The zero-order valence-corrected chi connectivity index (χ0v) is 16.0. The highest BCUT2D eigenvalue weighted by Crippen LogP contribution is 2.21. The third-order valence-electron chi connectivity index (χ3n) is 4.91. The minimum absolute atomic E-state index is 0.00686. The Hall–Kier alpha value is -2.44. The van der Waals surface area contributed by atoms with E-state index in [1.807, 2.05) is 36.5 Å². The van der Waals surface area contributed by atoms with Crippen LogP contribution >= 0.6 is 0 Å². The van der Waals surface area contributed by atoms with E-state index in [1.54, 1.807) is 11.1 Å². The van der Waals surface area contributed by atoms with Gasteiger partial charge in [-0.2, -0.15) is 0 Å². The summed E-state index contributed by atoms with van der Waals surface area (Å²) in [7, 11) is 2.10. The fourth-order valence-corrected chi connectivity index (χ4v) is 3.04. The first kappa shape index (κ1) is 19.3. The maximum atomic E-state index is 12.1. The van der Waals surface area contributed by atoms with Gasteiger partial charge in [-0.05, 0) is 43.3 Å². The second kappa shape index (κ2) is 9.48. The Bertz CT molecular complexity index is 715. The van der Waals surface area contributed by atoms with Crippen molar-refractivity contribution in [1.82, 2.24) is 14.8 Å². The second-order valence-corrected chi connectivity index (χ2v) is 6.80. The van der Waals surface area contributed by atoms with Crippen LogP contribution < -0.4 is 4.74 Å². The summed E-state index contributed by atoms with van der Waals surface area (Å²) in [4.78, 5) is 20.4. The average molecular weight is 369 g/mol. The molecular weight excluding hydrogens is 342 g/mol. The number of hydrogen-bond donors (Lipinski definition) is 0. The van der Waals surface area contributed by atoms with Crippen molar-refractivity contribution < 1.29 is 14.3 Å². The van der Waals surface area contributed by atoms with Crippen LogP contribution in [0.25, 0.3) is 0 Å². The number of rotatable bonds is 7. The predicted molar refractivity (Wildman–Crippen MR) is 103 cm³/mol. The Kier molecular flexibility index (Phi) is 6.79. The van der Waals surface area contributed by atoms with Gasteiger partial charge in [0.1, 0.15) is 5.75 Å². The molecule has 0 aliphatic carbocycles. The van der Waals surface area contributed by atoms with Gasteiger partial charge in [0.15, 0.2) is 6.61 Å². The number of nitrogens with zero attached hydrogens (tertiary/aromatic N) is 3. The number of hydrogen-bond acceptors (Lipinski definition) is 5. The van der Waals surface area contributed by atoms with E-state index in [9.17, 15) is 4.79 Å². The lowest BCUT2D eigenvalue weighted by atomic mass is 10.1. The molecule has 2 aromatic rings. The molecule has 1 saturated heterocycles. The normalized spacial score (nSPS) is 15.6. The molecule has 0 saturated carbocycles. The minimum Gasteiger partial charge on any atom is -0.484 e. The highest BCUT2D eigenvalue weighted by molar-refractivity contribution is 5.77. The monoisotopic (exact) mass is 369 g/mol. The topological polar surface area (TPSA) is 54.9 Å². The van der Waals surface area contributed by atoms with E-state index in [2.05, 4.69) is 29.9 Å². The lowest BCUT2D eigenvalue weighted by molar-refractivity contribution is -0.137. The van der Waals surface area contributed by atoms with Crippen molar-refractivity contribution in [3.8, 4) is 5.75 Å². The van der Waals surface area contributed by atoms with Crippen molar-refractivity contribution in [2.24, 2.45) is 0 Å². The standard InChI is InChI=1S/C21H27N3O3/c1-17(19-4-3-9-22-14-19)23(2)15-18-5-7-20(8-6-18)27-16-21(25)24-10-12-26-13-11-24/h3-9,14,17H,10-13,15-16H2,1-2H3/t17-/m0/s1. The van der Waals surface area contributed by atoms with Crippen LogP contribution in [0.3, 0.4) is 0 Å². The molecule has 144 valence electrons. The Balaban J connectivity index is 1.48. The molecule has 1 aromatic heterocycles. The van der Waals surface area contributed by atoms with Gasteiger partial charge >= 0.3 is 0 Å². The summed E-state index contributed by atoms with van der Waals surface area (Å²) < 4.78 is 10.9. The summed E-state index contributed by atoms with van der Waals surface area (Å²) in [6, 6.07) is 12.3. The molecule has 0 bridgehead atoms. The molecule has 1 aliphatic heterocycles. The third-order valence-corrected chi connectivity index (χ3v) is 4.91. The van der Waals surface area contributed by atoms with E-state index in [-0.39, 0.29) is 18.6 Å². The maximum Gasteiger partial charge on any atom is 0.260 e. The molecule has 1 atom stereocenters. The molecule has 0 N–H and O–H groups in total. The number of benzene rings is 1. The van der Waals surface area contributed by atoms with Gasteiger partial charge in [-0.1, -0.05) is 18.2 Å². The van der Waals surface area contributed by atoms with Crippen LogP contribution in [-0.2, 0) is 16.1 Å². The van der Waals surface area contributed by atoms with Crippen LogP contribution in [0.15, 0.2) is 48.8 Å². The van der Waals surface area contributed by atoms with Gasteiger partial charge in [-0.3, -0.25) is 14.7 Å². The summed E-state index contributed by atoms with van der Waals surface area (Å²) in [5, 5.41) is 0. The Labute approximate surface area is 160 Å². The number of amides is 1. The number of carbonyl (C=O) groups excluding carboxylic acids is 1. The van der Waals surface area contributed by atoms with Crippen LogP contribution in [0.2, 0.25) is 0 Å². The van der Waals surface area contributed by atoms with Gasteiger partial charge in [0, 0.05) is 38.1 Å². The Morgan fingerprint density at radius 3 is 2.67 bits per heavy atom. The molecule has 0 spiro atoms. The van der Waals surface area contributed by atoms with Crippen molar-refractivity contribution in [3.05, 3.63) is 59.9 Å². The summed E-state index contributed by atoms with van der Waals surface area (Å²) in [6.45, 7) is 5.55. The van der Waals surface area contributed by atoms with Crippen molar-refractivity contribution in [1.29, 1.82) is 0 Å². The van der Waals surface area contributed by atoms with E-state index in [4.69, 9.17) is 9.47 Å². The molecule has 0 radical (unpaired) electrons. The quantitative estimate of drug-likeness (QED) is 0.751. The van der Waals surface area contributed by atoms with E-state index in [0.29, 0.717) is 32.1 Å². The third kappa shape index (κ3) is 5.52. The van der Waals surface area contributed by atoms with Crippen molar-refractivity contribution >= 4 is 5.91 Å². The van der Waals surface area contributed by atoms with E-state index < -0.39 is 0 Å².